The van der Waals surface area contributed by atoms with Crippen molar-refractivity contribution in [2.24, 2.45) is 10.9 Å². The molecule has 1 aliphatic heterocycles. The molecule has 2 fully saturated rings. The van der Waals surface area contributed by atoms with Crippen molar-refractivity contribution >= 4 is 22.9 Å². The van der Waals surface area contributed by atoms with E-state index in [1.54, 1.807) is 0 Å². The molecule has 7 nitrogen and oxygen atoms in total. The van der Waals surface area contributed by atoms with Gasteiger partial charge in [-0.05, 0) is 45.2 Å². The second-order valence-corrected chi connectivity index (χ2v) is 8.81. The number of nitrogens with one attached hydrogen (secondary N) is 2. The van der Waals surface area contributed by atoms with Crippen LogP contribution in [0.25, 0.3) is 11.0 Å². The molecule has 2 aliphatic rings. The van der Waals surface area contributed by atoms with Crippen LogP contribution in [0.2, 0.25) is 0 Å². The predicted octanol–water partition coefficient (Wildman–Crippen LogP) is 3.08. The van der Waals surface area contributed by atoms with Crippen molar-refractivity contribution in [2.75, 3.05) is 26.2 Å². The third-order valence-corrected chi connectivity index (χ3v) is 6.58. The number of nitrogens with zero attached hydrogens (tertiary/aromatic N) is 4. The summed E-state index contributed by atoms with van der Waals surface area (Å²) in [5.74, 6) is 2.47. The number of aromatic nitrogens is 2. The number of guanidine groups is 1. The second-order valence-electron chi connectivity index (χ2n) is 8.81. The van der Waals surface area contributed by atoms with Crippen LogP contribution < -0.4 is 10.6 Å². The second kappa shape index (κ2) is 10.2. The summed E-state index contributed by atoms with van der Waals surface area (Å²) in [6.45, 7) is 8.05. The molecular weight excluding hydrogens is 388 g/mol. The maximum Gasteiger partial charge on any atom is 0.225 e. The van der Waals surface area contributed by atoms with Crippen LogP contribution in [0.1, 0.15) is 51.3 Å². The van der Waals surface area contributed by atoms with E-state index in [0.29, 0.717) is 12.5 Å². The molecule has 0 bridgehead atoms. The van der Waals surface area contributed by atoms with Gasteiger partial charge in [0.05, 0.1) is 17.6 Å². The van der Waals surface area contributed by atoms with Gasteiger partial charge < -0.3 is 20.1 Å². The summed E-state index contributed by atoms with van der Waals surface area (Å²) in [5, 5.41) is 6.92. The van der Waals surface area contributed by atoms with Crippen LogP contribution in [0.4, 0.5) is 0 Å². The molecule has 1 saturated carbocycles. The van der Waals surface area contributed by atoms with Gasteiger partial charge in [0.1, 0.15) is 5.82 Å². The molecular formula is C24H36N6O. The summed E-state index contributed by atoms with van der Waals surface area (Å²) in [5.41, 5.74) is 2.18. The first-order valence-corrected chi connectivity index (χ1v) is 11.9. The molecule has 1 atom stereocenters. The molecule has 1 aromatic heterocycles. The Kier molecular flexibility index (Phi) is 7.10. The summed E-state index contributed by atoms with van der Waals surface area (Å²) >= 11 is 0. The molecule has 7 heteroatoms. The first-order chi connectivity index (χ1) is 15.2. The van der Waals surface area contributed by atoms with Crippen molar-refractivity contribution < 1.29 is 4.79 Å². The zero-order chi connectivity index (χ0) is 21.6. The monoisotopic (exact) mass is 424 g/mol. The fourth-order valence-electron chi connectivity index (χ4n) is 4.94. The van der Waals surface area contributed by atoms with Crippen molar-refractivity contribution in [2.45, 2.75) is 65.0 Å². The number of amides is 1. The van der Waals surface area contributed by atoms with E-state index in [9.17, 15) is 4.79 Å². The lowest BCUT2D eigenvalue weighted by Crippen LogP contribution is -2.45. The standard InChI is InChI=1S/C24H36N6O/c1-3-25-24(26-14-16-30-18(2)27-21-11-7-8-12-22(21)30)28-20-13-15-29(17-20)23(31)19-9-5-4-6-10-19/h7-8,11-12,19-20H,3-6,9-10,13-17H2,1-2H3,(H2,25,26,28). The van der Waals surface area contributed by atoms with Crippen molar-refractivity contribution in [1.82, 2.24) is 25.1 Å². The van der Waals surface area contributed by atoms with Crippen molar-refractivity contribution in [3.63, 3.8) is 0 Å². The summed E-state index contributed by atoms with van der Waals surface area (Å²) in [4.78, 5) is 24.4. The lowest BCUT2D eigenvalue weighted by Gasteiger charge is -2.26. The summed E-state index contributed by atoms with van der Waals surface area (Å²) < 4.78 is 2.22. The minimum Gasteiger partial charge on any atom is -0.357 e. The van der Waals surface area contributed by atoms with E-state index in [1.807, 2.05) is 19.1 Å². The zero-order valence-electron chi connectivity index (χ0n) is 18.9. The molecule has 31 heavy (non-hydrogen) atoms. The number of aryl methyl sites for hydroxylation is 1. The third-order valence-electron chi connectivity index (χ3n) is 6.58. The Morgan fingerprint density at radius 3 is 2.81 bits per heavy atom. The van der Waals surface area contributed by atoms with Crippen molar-refractivity contribution in [3.8, 4) is 0 Å². The quantitative estimate of drug-likeness (QED) is 0.552. The number of fused-ring (bicyclic) bond motifs is 1. The van der Waals surface area contributed by atoms with E-state index in [4.69, 9.17) is 4.99 Å². The molecule has 1 aromatic carbocycles. The Hall–Kier alpha value is -2.57. The Morgan fingerprint density at radius 1 is 1.19 bits per heavy atom. The fourth-order valence-corrected chi connectivity index (χ4v) is 4.94. The highest BCUT2D eigenvalue weighted by Crippen LogP contribution is 2.26. The lowest BCUT2D eigenvalue weighted by molar-refractivity contribution is -0.135. The number of hydrogen-bond acceptors (Lipinski definition) is 3. The molecule has 2 aromatic rings. The average Bonchev–Trinajstić information content (AvgIpc) is 3.38. The highest BCUT2D eigenvalue weighted by atomic mass is 16.2. The third kappa shape index (κ3) is 5.20. The molecule has 1 saturated heterocycles. The van der Waals surface area contributed by atoms with Gasteiger partial charge in [0.2, 0.25) is 5.91 Å². The van der Waals surface area contributed by atoms with Crippen LogP contribution in [0.3, 0.4) is 0 Å². The molecule has 2 N–H and O–H groups in total. The molecule has 2 heterocycles. The molecule has 0 spiro atoms. The van der Waals surface area contributed by atoms with Crippen LogP contribution in [-0.2, 0) is 11.3 Å². The predicted molar refractivity (Wildman–Crippen MR) is 125 cm³/mol. The first-order valence-electron chi connectivity index (χ1n) is 11.9. The highest BCUT2D eigenvalue weighted by molar-refractivity contribution is 5.81. The van der Waals surface area contributed by atoms with Gasteiger partial charge in [-0.1, -0.05) is 31.4 Å². The molecule has 1 aliphatic carbocycles. The van der Waals surface area contributed by atoms with E-state index < -0.39 is 0 Å². The van der Waals surface area contributed by atoms with Crippen LogP contribution >= 0.6 is 0 Å². The van der Waals surface area contributed by atoms with Gasteiger partial charge in [0.25, 0.3) is 0 Å². The number of aliphatic imine (C=N–C) groups is 1. The van der Waals surface area contributed by atoms with E-state index in [1.165, 1.54) is 19.3 Å². The number of hydrogen-bond donors (Lipinski definition) is 2. The number of imidazole rings is 1. The number of carbonyl (C=O) groups is 1. The van der Waals surface area contributed by atoms with Gasteiger partial charge in [-0.15, -0.1) is 0 Å². The van der Waals surface area contributed by atoms with Gasteiger partial charge in [-0.3, -0.25) is 9.79 Å². The molecule has 168 valence electrons. The van der Waals surface area contributed by atoms with E-state index in [2.05, 4.69) is 44.1 Å². The number of carbonyl (C=O) groups excluding carboxylic acids is 1. The van der Waals surface area contributed by atoms with E-state index >= 15 is 0 Å². The van der Waals surface area contributed by atoms with Crippen molar-refractivity contribution in [1.29, 1.82) is 0 Å². The maximum atomic E-state index is 12.8. The average molecular weight is 425 g/mol. The van der Waals surface area contributed by atoms with Crippen molar-refractivity contribution in [3.05, 3.63) is 30.1 Å². The minimum absolute atomic E-state index is 0.252. The Balaban J connectivity index is 1.33. The fraction of sp³-hybridized carbons (Fsp3) is 0.625. The lowest BCUT2D eigenvalue weighted by atomic mass is 9.88. The first kappa shape index (κ1) is 21.7. The number of likely N-dealkylation sites (tertiary alicyclic amines) is 1. The molecule has 1 unspecified atom stereocenters. The van der Waals surface area contributed by atoms with Gasteiger partial charge in [-0.25, -0.2) is 4.98 Å². The van der Waals surface area contributed by atoms with E-state index in [0.717, 1.165) is 68.3 Å². The summed E-state index contributed by atoms with van der Waals surface area (Å²) in [6, 6.07) is 8.50. The number of rotatable bonds is 6. The summed E-state index contributed by atoms with van der Waals surface area (Å²) in [6.07, 6.45) is 6.81. The normalized spacial score (nSPS) is 20.4. The maximum absolute atomic E-state index is 12.8. The smallest absolute Gasteiger partial charge is 0.225 e. The highest BCUT2D eigenvalue weighted by Gasteiger charge is 2.31. The van der Waals surface area contributed by atoms with Crippen LogP contribution in [-0.4, -0.2) is 58.5 Å². The minimum atomic E-state index is 0.252. The summed E-state index contributed by atoms with van der Waals surface area (Å²) in [7, 11) is 0. The Bertz CT molecular complexity index is 914. The SMILES string of the molecule is CCNC(=NCCn1c(C)nc2ccccc21)NC1CCN(C(=O)C2CCCCC2)C1. The molecule has 0 radical (unpaired) electrons. The Morgan fingerprint density at radius 2 is 2.00 bits per heavy atom. The topological polar surface area (TPSA) is 74.6 Å². The van der Waals surface area contributed by atoms with Gasteiger partial charge >= 0.3 is 0 Å². The molecule has 4 rings (SSSR count). The van der Waals surface area contributed by atoms with Crippen LogP contribution in [0.15, 0.2) is 29.3 Å². The van der Waals surface area contributed by atoms with Crippen LogP contribution in [0.5, 0.6) is 0 Å². The largest absolute Gasteiger partial charge is 0.357 e. The number of benzene rings is 1. The van der Waals surface area contributed by atoms with Crippen LogP contribution in [0, 0.1) is 12.8 Å². The molecule has 1 amide bonds. The van der Waals surface area contributed by atoms with Gasteiger partial charge in [0, 0.05) is 38.1 Å². The number of para-hydroxylation sites is 2. The Labute approximate surface area is 185 Å². The zero-order valence-corrected chi connectivity index (χ0v) is 18.9. The van der Waals surface area contributed by atoms with E-state index in [-0.39, 0.29) is 12.0 Å². The van der Waals surface area contributed by atoms with Gasteiger partial charge in [-0.2, -0.15) is 0 Å². The van der Waals surface area contributed by atoms with Gasteiger partial charge in [0.15, 0.2) is 5.96 Å².